The van der Waals surface area contributed by atoms with E-state index in [1.807, 2.05) is 47.9 Å². The summed E-state index contributed by atoms with van der Waals surface area (Å²) in [6, 6.07) is 12.0. The number of benzene rings is 1. The molecule has 0 saturated heterocycles. The van der Waals surface area contributed by atoms with E-state index in [1.165, 1.54) is 0 Å². The number of pyridine rings is 1. The van der Waals surface area contributed by atoms with Crippen LogP contribution in [0, 0.1) is 6.92 Å². The van der Waals surface area contributed by atoms with Gasteiger partial charge in [0.05, 0.1) is 7.11 Å². The maximum atomic E-state index is 5.37. The molecule has 0 aliphatic rings. The Morgan fingerprint density at radius 1 is 1.11 bits per heavy atom. The summed E-state index contributed by atoms with van der Waals surface area (Å²) in [4.78, 5) is 0. The molecule has 3 rings (SSSR count). The van der Waals surface area contributed by atoms with Gasteiger partial charge in [-0.25, -0.2) is 0 Å². The molecule has 3 aromatic rings. The first-order valence-corrected chi connectivity index (χ1v) is 6.20. The van der Waals surface area contributed by atoms with Crippen LogP contribution in [0.25, 0.3) is 5.65 Å². The summed E-state index contributed by atoms with van der Waals surface area (Å²) in [6.45, 7) is 2.04. The summed E-state index contributed by atoms with van der Waals surface area (Å²) in [5, 5.41) is 8.53. The fourth-order valence-electron chi connectivity index (χ4n) is 2.24. The van der Waals surface area contributed by atoms with Crippen molar-refractivity contribution in [1.82, 2.24) is 14.6 Å². The number of aromatic nitrogens is 3. The number of hydrogen-bond acceptors (Lipinski definition) is 3. The maximum absolute atomic E-state index is 5.37. The van der Waals surface area contributed by atoms with Crippen molar-refractivity contribution >= 4 is 5.65 Å². The van der Waals surface area contributed by atoms with E-state index in [4.69, 9.17) is 4.74 Å². The molecule has 1 aromatic carbocycles. The lowest BCUT2D eigenvalue weighted by molar-refractivity contribution is 0.410. The van der Waals surface area contributed by atoms with Crippen LogP contribution >= 0.6 is 0 Å². The smallest absolute Gasteiger partial charge is 0.163 e. The van der Waals surface area contributed by atoms with Crippen molar-refractivity contribution in [2.75, 3.05) is 7.11 Å². The molecule has 2 heterocycles. The summed E-state index contributed by atoms with van der Waals surface area (Å²) >= 11 is 0. The first-order valence-electron chi connectivity index (χ1n) is 6.20. The van der Waals surface area contributed by atoms with Crippen LogP contribution in [0.1, 0.15) is 17.0 Å². The number of nitrogens with zero attached hydrogens (tertiary/aromatic N) is 3. The van der Waals surface area contributed by atoms with Gasteiger partial charge in [-0.05, 0) is 24.6 Å². The Morgan fingerprint density at radius 2 is 1.95 bits per heavy atom. The lowest BCUT2D eigenvalue weighted by Gasteiger charge is -2.07. The first kappa shape index (κ1) is 11.7. The van der Waals surface area contributed by atoms with Gasteiger partial charge < -0.3 is 4.74 Å². The van der Waals surface area contributed by atoms with Gasteiger partial charge >= 0.3 is 0 Å². The van der Waals surface area contributed by atoms with Crippen molar-refractivity contribution in [2.45, 2.75) is 13.3 Å². The fraction of sp³-hybridized carbons (Fsp3) is 0.200. The van der Waals surface area contributed by atoms with Crippen LogP contribution < -0.4 is 4.74 Å². The van der Waals surface area contributed by atoms with E-state index in [0.717, 1.165) is 28.3 Å². The highest BCUT2D eigenvalue weighted by atomic mass is 16.5. The predicted octanol–water partition coefficient (Wildman–Crippen LogP) is 2.64. The zero-order chi connectivity index (χ0) is 13.2. The van der Waals surface area contributed by atoms with Gasteiger partial charge in [0.25, 0.3) is 0 Å². The lowest BCUT2D eigenvalue weighted by atomic mass is 10.1. The fourth-order valence-corrected chi connectivity index (χ4v) is 2.24. The van der Waals surface area contributed by atoms with Crippen LogP contribution in [-0.2, 0) is 6.42 Å². The minimum absolute atomic E-state index is 0.703. The van der Waals surface area contributed by atoms with Crippen LogP contribution in [0.4, 0.5) is 0 Å². The average Bonchev–Trinajstić information content (AvgIpc) is 2.84. The van der Waals surface area contributed by atoms with Gasteiger partial charge in [-0.3, -0.25) is 4.40 Å². The summed E-state index contributed by atoms with van der Waals surface area (Å²) < 4.78 is 7.40. The SMILES string of the molecule is COc1ccccc1Cc1nnc2c(C)cccn12. The van der Waals surface area contributed by atoms with E-state index < -0.39 is 0 Å². The number of ether oxygens (including phenoxy) is 1. The minimum atomic E-state index is 0.703. The van der Waals surface area contributed by atoms with Gasteiger partial charge in [0.15, 0.2) is 5.65 Å². The third-order valence-electron chi connectivity index (χ3n) is 3.24. The monoisotopic (exact) mass is 253 g/mol. The van der Waals surface area contributed by atoms with Crippen molar-refractivity contribution < 1.29 is 4.74 Å². The molecule has 0 radical (unpaired) electrons. The van der Waals surface area contributed by atoms with Crippen LogP contribution in [0.5, 0.6) is 5.75 Å². The highest BCUT2D eigenvalue weighted by Gasteiger charge is 2.10. The van der Waals surface area contributed by atoms with E-state index in [-0.39, 0.29) is 0 Å². The molecule has 0 aliphatic heterocycles. The van der Waals surface area contributed by atoms with Crippen molar-refractivity contribution in [1.29, 1.82) is 0 Å². The number of rotatable bonds is 3. The van der Waals surface area contributed by atoms with Crippen molar-refractivity contribution in [3.8, 4) is 5.75 Å². The molecule has 0 bridgehead atoms. The first-order chi connectivity index (χ1) is 9.29. The molecule has 0 unspecified atom stereocenters. The van der Waals surface area contributed by atoms with E-state index in [0.29, 0.717) is 6.42 Å². The highest BCUT2D eigenvalue weighted by molar-refractivity contribution is 5.47. The van der Waals surface area contributed by atoms with Gasteiger partial charge in [0.2, 0.25) is 0 Å². The van der Waals surface area contributed by atoms with Crippen LogP contribution in [-0.4, -0.2) is 21.7 Å². The number of para-hydroxylation sites is 1. The molecule has 96 valence electrons. The van der Waals surface area contributed by atoms with E-state index >= 15 is 0 Å². The molecule has 0 fully saturated rings. The largest absolute Gasteiger partial charge is 0.496 e. The molecule has 4 nitrogen and oxygen atoms in total. The second kappa shape index (κ2) is 4.72. The molecule has 0 aliphatic carbocycles. The molecule has 19 heavy (non-hydrogen) atoms. The molecule has 0 amide bonds. The predicted molar refractivity (Wildman–Crippen MR) is 73.5 cm³/mol. The molecule has 0 atom stereocenters. The van der Waals surface area contributed by atoms with Gasteiger partial charge in [-0.2, -0.15) is 0 Å². The minimum Gasteiger partial charge on any atom is -0.496 e. The number of methoxy groups -OCH3 is 1. The Kier molecular flexibility index (Phi) is 2.91. The molecular weight excluding hydrogens is 238 g/mol. The van der Waals surface area contributed by atoms with Gasteiger partial charge in [0, 0.05) is 18.2 Å². The van der Waals surface area contributed by atoms with Crippen LogP contribution in [0.15, 0.2) is 42.6 Å². The Morgan fingerprint density at radius 3 is 2.79 bits per heavy atom. The van der Waals surface area contributed by atoms with Crippen molar-refractivity contribution in [2.24, 2.45) is 0 Å². The third kappa shape index (κ3) is 2.05. The lowest BCUT2D eigenvalue weighted by Crippen LogP contribution is -1.99. The van der Waals surface area contributed by atoms with Gasteiger partial charge in [-0.15, -0.1) is 10.2 Å². The molecule has 0 spiro atoms. The number of hydrogen-bond donors (Lipinski definition) is 0. The molecule has 2 aromatic heterocycles. The van der Waals surface area contributed by atoms with Crippen LogP contribution in [0.3, 0.4) is 0 Å². The van der Waals surface area contributed by atoms with Crippen molar-refractivity contribution in [3.63, 3.8) is 0 Å². The molecule has 0 N–H and O–H groups in total. The summed E-state index contributed by atoms with van der Waals surface area (Å²) in [5.41, 5.74) is 3.15. The maximum Gasteiger partial charge on any atom is 0.163 e. The molecular formula is C15H15N3O. The van der Waals surface area contributed by atoms with Gasteiger partial charge in [-0.1, -0.05) is 24.3 Å². The Balaban J connectivity index is 2.04. The average molecular weight is 253 g/mol. The summed E-state index contributed by atoms with van der Waals surface area (Å²) in [7, 11) is 1.69. The second-order valence-electron chi connectivity index (χ2n) is 4.49. The van der Waals surface area contributed by atoms with Crippen molar-refractivity contribution in [3.05, 3.63) is 59.5 Å². The number of fused-ring (bicyclic) bond motifs is 1. The van der Waals surface area contributed by atoms with E-state index in [2.05, 4.69) is 16.3 Å². The zero-order valence-corrected chi connectivity index (χ0v) is 11.0. The standard InChI is InChI=1S/C15H15N3O/c1-11-6-5-9-18-14(16-17-15(11)18)10-12-7-3-4-8-13(12)19-2/h3-9H,10H2,1-2H3. The van der Waals surface area contributed by atoms with Crippen LogP contribution in [0.2, 0.25) is 0 Å². The van der Waals surface area contributed by atoms with Gasteiger partial charge in [0.1, 0.15) is 11.6 Å². The second-order valence-corrected chi connectivity index (χ2v) is 4.49. The molecule has 4 heteroatoms. The topological polar surface area (TPSA) is 39.4 Å². The summed E-state index contributed by atoms with van der Waals surface area (Å²) in [6.07, 6.45) is 2.70. The zero-order valence-electron chi connectivity index (χ0n) is 11.0. The Bertz CT molecular complexity index is 718. The molecule has 0 saturated carbocycles. The summed E-state index contributed by atoms with van der Waals surface area (Å²) in [5.74, 6) is 1.80. The Hall–Kier alpha value is -2.36. The quantitative estimate of drug-likeness (QED) is 0.720. The van der Waals surface area contributed by atoms with E-state index in [9.17, 15) is 0 Å². The highest BCUT2D eigenvalue weighted by Crippen LogP contribution is 2.20. The normalized spacial score (nSPS) is 10.8. The Labute approximate surface area is 111 Å². The van der Waals surface area contributed by atoms with E-state index in [1.54, 1.807) is 7.11 Å². The third-order valence-corrected chi connectivity index (χ3v) is 3.24. The number of aryl methyl sites for hydroxylation is 1.